The highest BCUT2D eigenvalue weighted by molar-refractivity contribution is 6.32. The molecule has 126 valence electrons. The number of phenols is 1. The monoisotopic (exact) mass is 353 g/mol. The number of rotatable bonds is 4. The highest BCUT2D eigenvalue weighted by Gasteiger charge is 2.12. The molecule has 0 fully saturated rings. The highest BCUT2D eigenvalue weighted by Crippen LogP contribution is 2.36. The maximum atomic E-state index is 9.92. The standard InChI is InChI=1S/C19H16ClN3O2/c1-3-25-17-9-12(8-14(20)18(17)24)7-13(10-21)19-22-15-5-4-11(2)6-16(15)23-19/h4-9,24H,3H2,1-2H3,(H,22,23)/b13-7-. The number of allylic oxidation sites excluding steroid dienone is 1. The zero-order chi connectivity index (χ0) is 18.0. The van der Waals surface area contributed by atoms with Gasteiger partial charge in [-0.1, -0.05) is 17.7 Å². The molecular formula is C19H16ClN3O2. The zero-order valence-corrected chi connectivity index (χ0v) is 14.6. The molecule has 0 spiro atoms. The van der Waals surface area contributed by atoms with Gasteiger partial charge in [0.05, 0.1) is 28.2 Å². The summed E-state index contributed by atoms with van der Waals surface area (Å²) < 4.78 is 5.37. The van der Waals surface area contributed by atoms with Crippen molar-refractivity contribution in [1.29, 1.82) is 5.26 Å². The number of H-pyrrole nitrogens is 1. The first-order valence-electron chi connectivity index (χ1n) is 7.75. The summed E-state index contributed by atoms with van der Waals surface area (Å²) in [5, 5.41) is 19.6. The van der Waals surface area contributed by atoms with Gasteiger partial charge in [-0.15, -0.1) is 0 Å². The second-order valence-electron chi connectivity index (χ2n) is 5.56. The fourth-order valence-electron chi connectivity index (χ4n) is 2.51. The fourth-order valence-corrected chi connectivity index (χ4v) is 2.73. The van der Waals surface area contributed by atoms with E-state index in [2.05, 4.69) is 16.0 Å². The van der Waals surface area contributed by atoms with Gasteiger partial charge in [-0.25, -0.2) is 4.98 Å². The van der Waals surface area contributed by atoms with Gasteiger partial charge < -0.3 is 14.8 Å². The van der Waals surface area contributed by atoms with E-state index in [1.54, 1.807) is 18.2 Å². The fraction of sp³-hybridized carbons (Fsp3) is 0.158. The number of ether oxygens (including phenoxy) is 1. The molecule has 3 rings (SSSR count). The van der Waals surface area contributed by atoms with Crippen LogP contribution in [0, 0.1) is 18.3 Å². The summed E-state index contributed by atoms with van der Waals surface area (Å²) >= 11 is 6.04. The number of hydrogen-bond donors (Lipinski definition) is 2. The Morgan fingerprint density at radius 1 is 1.40 bits per heavy atom. The molecule has 0 bridgehead atoms. The molecule has 0 unspecified atom stereocenters. The number of nitriles is 1. The van der Waals surface area contributed by atoms with Gasteiger partial charge in [-0.05, 0) is 55.3 Å². The maximum absolute atomic E-state index is 9.92. The van der Waals surface area contributed by atoms with Gasteiger partial charge in [0.1, 0.15) is 11.9 Å². The SMILES string of the molecule is CCOc1cc(/C=C(/C#N)c2nc3ccc(C)cc3[nH]2)cc(Cl)c1O. The largest absolute Gasteiger partial charge is 0.503 e. The van der Waals surface area contributed by atoms with Gasteiger partial charge >= 0.3 is 0 Å². The van der Waals surface area contributed by atoms with E-state index in [1.165, 1.54) is 0 Å². The summed E-state index contributed by atoms with van der Waals surface area (Å²) in [6.07, 6.45) is 1.65. The van der Waals surface area contributed by atoms with Crippen LogP contribution in [0.3, 0.4) is 0 Å². The van der Waals surface area contributed by atoms with Gasteiger partial charge in [-0.3, -0.25) is 0 Å². The van der Waals surface area contributed by atoms with Gasteiger partial charge in [-0.2, -0.15) is 5.26 Å². The Kier molecular flexibility index (Phi) is 4.64. The molecule has 5 nitrogen and oxygen atoms in total. The quantitative estimate of drug-likeness (QED) is 0.666. The lowest BCUT2D eigenvalue weighted by atomic mass is 10.1. The molecule has 2 N–H and O–H groups in total. The first-order chi connectivity index (χ1) is 12.0. The smallest absolute Gasteiger partial charge is 0.176 e. The number of nitrogens with zero attached hydrogens (tertiary/aromatic N) is 2. The van der Waals surface area contributed by atoms with E-state index in [-0.39, 0.29) is 16.5 Å². The lowest BCUT2D eigenvalue weighted by molar-refractivity contribution is 0.318. The third kappa shape index (κ3) is 3.44. The van der Waals surface area contributed by atoms with Crippen LogP contribution in [0.5, 0.6) is 11.5 Å². The predicted octanol–water partition coefficient (Wildman–Crippen LogP) is 4.69. The van der Waals surface area contributed by atoms with E-state index in [1.807, 2.05) is 32.0 Å². The molecule has 0 aliphatic carbocycles. The van der Waals surface area contributed by atoms with Crippen LogP contribution in [0.4, 0.5) is 0 Å². The molecule has 2 aromatic carbocycles. The average Bonchev–Trinajstić information content (AvgIpc) is 3.00. The number of fused-ring (bicyclic) bond motifs is 1. The van der Waals surface area contributed by atoms with Crippen molar-refractivity contribution in [2.45, 2.75) is 13.8 Å². The second kappa shape index (κ2) is 6.88. The van der Waals surface area contributed by atoms with Crippen LogP contribution < -0.4 is 4.74 Å². The maximum Gasteiger partial charge on any atom is 0.176 e. The molecule has 6 heteroatoms. The normalized spacial score (nSPS) is 11.5. The number of benzene rings is 2. The summed E-state index contributed by atoms with van der Waals surface area (Å²) in [6, 6.07) is 11.2. The number of aryl methyl sites for hydroxylation is 1. The van der Waals surface area contributed by atoms with Gasteiger partial charge in [0.2, 0.25) is 0 Å². The van der Waals surface area contributed by atoms with Crippen molar-refractivity contribution >= 4 is 34.3 Å². The number of phenolic OH excluding ortho intramolecular Hbond substituents is 1. The Morgan fingerprint density at radius 2 is 2.20 bits per heavy atom. The summed E-state index contributed by atoms with van der Waals surface area (Å²) in [6.45, 7) is 4.20. The molecule has 0 radical (unpaired) electrons. The molecule has 0 saturated carbocycles. The molecule has 1 heterocycles. The molecule has 0 saturated heterocycles. The minimum absolute atomic E-state index is 0.113. The van der Waals surface area contributed by atoms with Crippen LogP contribution in [-0.4, -0.2) is 21.7 Å². The number of nitrogens with one attached hydrogen (secondary N) is 1. The minimum atomic E-state index is -0.113. The molecule has 0 amide bonds. The summed E-state index contributed by atoms with van der Waals surface area (Å²) in [5.41, 5.74) is 3.77. The zero-order valence-electron chi connectivity index (χ0n) is 13.8. The number of halogens is 1. The first kappa shape index (κ1) is 16.9. The van der Waals surface area contributed by atoms with Crippen LogP contribution >= 0.6 is 11.6 Å². The highest BCUT2D eigenvalue weighted by atomic mass is 35.5. The number of hydrogen-bond acceptors (Lipinski definition) is 4. The molecular weight excluding hydrogens is 338 g/mol. The number of imidazole rings is 1. The second-order valence-corrected chi connectivity index (χ2v) is 5.97. The van der Waals surface area contributed by atoms with Crippen molar-refractivity contribution in [3.63, 3.8) is 0 Å². The van der Waals surface area contributed by atoms with Gasteiger partial charge in [0, 0.05) is 0 Å². The van der Waals surface area contributed by atoms with E-state index in [0.717, 1.165) is 16.6 Å². The summed E-state index contributed by atoms with van der Waals surface area (Å²) in [7, 11) is 0. The van der Waals surface area contributed by atoms with E-state index in [9.17, 15) is 10.4 Å². The summed E-state index contributed by atoms with van der Waals surface area (Å²) in [5.74, 6) is 0.641. The molecule has 0 aliphatic rings. The first-order valence-corrected chi connectivity index (χ1v) is 8.13. The Hall–Kier alpha value is -2.97. The molecule has 3 aromatic rings. The van der Waals surface area contributed by atoms with E-state index in [0.29, 0.717) is 23.6 Å². The number of aromatic amines is 1. The van der Waals surface area contributed by atoms with Crippen LogP contribution in [0.1, 0.15) is 23.9 Å². The third-order valence-corrected chi connectivity index (χ3v) is 3.96. The van der Waals surface area contributed by atoms with Crippen molar-refractivity contribution in [2.24, 2.45) is 0 Å². The number of aromatic nitrogens is 2. The summed E-state index contributed by atoms with van der Waals surface area (Å²) in [4.78, 5) is 7.62. The minimum Gasteiger partial charge on any atom is -0.503 e. The number of aromatic hydroxyl groups is 1. The molecule has 1 aromatic heterocycles. The van der Waals surface area contributed by atoms with Gasteiger partial charge in [0.15, 0.2) is 11.5 Å². The average molecular weight is 354 g/mol. The van der Waals surface area contributed by atoms with E-state index >= 15 is 0 Å². The Bertz CT molecular complexity index is 1020. The Balaban J connectivity index is 2.06. The molecule has 0 atom stereocenters. The van der Waals surface area contributed by atoms with Crippen molar-refractivity contribution in [1.82, 2.24) is 9.97 Å². The van der Waals surface area contributed by atoms with Crippen molar-refractivity contribution in [3.8, 4) is 17.6 Å². The Morgan fingerprint density at radius 3 is 2.92 bits per heavy atom. The van der Waals surface area contributed by atoms with Crippen LogP contribution in [0.2, 0.25) is 5.02 Å². The van der Waals surface area contributed by atoms with Crippen LogP contribution in [-0.2, 0) is 0 Å². The molecule has 25 heavy (non-hydrogen) atoms. The lowest BCUT2D eigenvalue weighted by Crippen LogP contribution is -1.93. The molecule has 0 aliphatic heterocycles. The van der Waals surface area contributed by atoms with Crippen molar-refractivity contribution in [3.05, 3.63) is 52.3 Å². The van der Waals surface area contributed by atoms with Gasteiger partial charge in [0.25, 0.3) is 0 Å². The van der Waals surface area contributed by atoms with Crippen LogP contribution in [0.15, 0.2) is 30.3 Å². The van der Waals surface area contributed by atoms with E-state index < -0.39 is 0 Å². The van der Waals surface area contributed by atoms with Crippen molar-refractivity contribution < 1.29 is 9.84 Å². The van der Waals surface area contributed by atoms with Crippen LogP contribution in [0.25, 0.3) is 22.7 Å². The lowest BCUT2D eigenvalue weighted by Gasteiger charge is -2.08. The Labute approximate surface area is 150 Å². The topological polar surface area (TPSA) is 81.9 Å². The van der Waals surface area contributed by atoms with Crippen molar-refractivity contribution in [2.75, 3.05) is 6.61 Å². The third-order valence-electron chi connectivity index (χ3n) is 3.67. The predicted molar refractivity (Wildman–Crippen MR) is 98.6 cm³/mol. The van der Waals surface area contributed by atoms with E-state index in [4.69, 9.17) is 16.3 Å².